The third kappa shape index (κ3) is 2.98. The minimum Gasteiger partial charge on any atom is -0.368 e. The maximum atomic E-state index is 5.99. The van der Waals surface area contributed by atoms with E-state index in [2.05, 4.69) is 37.9 Å². The van der Waals surface area contributed by atoms with Crippen molar-refractivity contribution >= 4 is 51.6 Å². The molecule has 1 aromatic carbocycles. The fraction of sp³-hybridized carbons (Fsp3) is 0.0909. The number of hydrogen-bond acceptors (Lipinski definition) is 4. The first-order valence-electron chi connectivity index (χ1n) is 4.87. The van der Waals surface area contributed by atoms with Gasteiger partial charge in [-0.3, -0.25) is 0 Å². The van der Waals surface area contributed by atoms with Gasteiger partial charge in [0.2, 0.25) is 5.95 Å². The van der Waals surface area contributed by atoms with E-state index in [-0.39, 0.29) is 5.95 Å². The van der Waals surface area contributed by atoms with Crippen molar-refractivity contribution in [1.82, 2.24) is 9.97 Å². The van der Waals surface area contributed by atoms with Crippen molar-refractivity contribution < 1.29 is 0 Å². The van der Waals surface area contributed by atoms with Crippen LogP contribution in [-0.4, -0.2) is 9.97 Å². The third-order valence-corrected chi connectivity index (χ3v) is 3.16. The molecule has 0 atom stereocenters. The van der Waals surface area contributed by atoms with Crippen LogP contribution in [0.25, 0.3) is 0 Å². The Hall–Kier alpha value is -1.08. The lowest BCUT2D eigenvalue weighted by Gasteiger charge is -2.10. The number of hydrogen-bond donors (Lipinski definition) is 2. The van der Waals surface area contributed by atoms with E-state index in [0.717, 1.165) is 14.8 Å². The number of nitrogen functional groups attached to an aromatic ring is 1. The largest absolute Gasteiger partial charge is 0.368 e. The van der Waals surface area contributed by atoms with Crippen molar-refractivity contribution in [2.75, 3.05) is 11.1 Å². The molecule has 1 heterocycles. The van der Waals surface area contributed by atoms with Gasteiger partial charge in [0, 0.05) is 9.26 Å². The first-order valence-corrected chi connectivity index (χ1v) is 6.33. The summed E-state index contributed by atoms with van der Waals surface area (Å²) in [7, 11) is 0. The monoisotopic (exact) mass is 360 g/mol. The van der Waals surface area contributed by atoms with E-state index in [9.17, 15) is 0 Å². The second kappa shape index (κ2) is 5.05. The fourth-order valence-electron chi connectivity index (χ4n) is 1.32. The lowest BCUT2D eigenvalue weighted by molar-refractivity contribution is 1.18. The first-order chi connectivity index (χ1) is 8.06. The number of nitrogens with two attached hydrogens (primary N) is 1. The van der Waals surface area contributed by atoms with Crippen LogP contribution in [0, 0.1) is 10.5 Å². The van der Waals surface area contributed by atoms with Crippen molar-refractivity contribution in [1.29, 1.82) is 0 Å². The van der Waals surface area contributed by atoms with Crippen LogP contribution in [0.3, 0.4) is 0 Å². The lowest BCUT2D eigenvalue weighted by atomic mass is 10.2. The predicted octanol–water partition coefficient (Wildman–Crippen LogP) is 3.37. The molecule has 0 amide bonds. The SMILES string of the molecule is Cc1ccc(I)cc1Nc1nc(N)ncc1Cl. The molecule has 0 fully saturated rings. The average Bonchev–Trinajstić information content (AvgIpc) is 2.28. The molecule has 2 aromatic rings. The van der Waals surface area contributed by atoms with Gasteiger partial charge in [0.25, 0.3) is 0 Å². The minimum atomic E-state index is 0.195. The van der Waals surface area contributed by atoms with Crippen LogP contribution in [0.4, 0.5) is 17.5 Å². The number of benzene rings is 1. The van der Waals surface area contributed by atoms with Gasteiger partial charge in [-0.05, 0) is 47.2 Å². The normalized spacial score (nSPS) is 10.3. The van der Waals surface area contributed by atoms with Gasteiger partial charge in [0.1, 0.15) is 5.02 Å². The van der Waals surface area contributed by atoms with Crippen LogP contribution >= 0.6 is 34.2 Å². The zero-order valence-electron chi connectivity index (χ0n) is 9.04. The Balaban J connectivity index is 2.37. The summed E-state index contributed by atoms with van der Waals surface area (Å²) in [5.74, 6) is 0.712. The van der Waals surface area contributed by atoms with E-state index < -0.39 is 0 Å². The zero-order chi connectivity index (χ0) is 12.4. The van der Waals surface area contributed by atoms with Crippen LogP contribution in [0.2, 0.25) is 5.02 Å². The molecule has 0 saturated carbocycles. The van der Waals surface area contributed by atoms with E-state index in [1.165, 1.54) is 6.20 Å². The number of nitrogens with one attached hydrogen (secondary N) is 1. The fourth-order valence-corrected chi connectivity index (χ4v) is 1.95. The Morgan fingerprint density at radius 2 is 2.18 bits per heavy atom. The van der Waals surface area contributed by atoms with Crippen LogP contribution in [0.1, 0.15) is 5.56 Å². The number of aryl methyl sites for hydroxylation is 1. The molecule has 0 aliphatic carbocycles. The molecule has 17 heavy (non-hydrogen) atoms. The Kier molecular flexibility index (Phi) is 3.68. The van der Waals surface area contributed by atoms with Gasteiger partial charge in [-0.25, -0.2) is 4.98 Å². The summed E-state index contributed by atoms with van der Waals surface area (Å²) < 4.78 is 1.13. The molecule has 4 nitrogen and oxygen atoms in total. The van der Waals surface area contributed by atoms with Crippen molar-refractivity contribution in [3.05, 3.63) is 38.6 Å². The van der Waals surface area contributed by atoms with Gasteiger partial charge in [-0.1, -0.05) is 17.7 Å². The molecule has 0 unspecified atom stereocenters. The van der Waals surface area contributed by atoms with E-state index >= 15 is 0 Å². The van der Waals surface area contributed by atoms with Gasteiger partial charge in [0.15, 0.2) is 5.82 Å². The van der Waals surface area contributed by atoms with E-state index in [0.29, 0.717) is 10.8 Å². The number of aromatic nitrogens is 2. The van der Waals surface area contributed by atoms with Crippen molar-refractivity contribution in [3.63, 3.8) is 0 Å². The molecular weight excluding hydrogens is 351 g/mol. The Bertz CT molecular complexity index is 510. The summed E-state index contributed by atoms with van der Waals surface area (Å²) in [5.41, 5.74) is 7.59. The standard InChI is InChI=1S/C11H10ClIN4/c1-6-2-3-7(13)4-9(6)16-10-8(12)5-15-11(14)17-10/h2-5H,1H3,(H3,14,15,16,17). The smallest absolute Gasteiger partial charge is 0.222 e. The molecule has 2 rings (SSSR count). The van der Waals surface area contributed by atoms with Crippen LogP contribution in [-0.2, 0) is 0 Å². The lowest BCUT2D eigenvalue weighted by Crippen LogP contribution is -2.01. The summed E-state index contributed by atoms with van der Waals surface area (Å²) in [6.07, 6.45) is 1.48. The van der Waals surface area contributed by atoms with Crippen LogP contribution in [0.5, 0.6) is 0 Å². The summed E-state index contributed by atoms with van der Waals surface area (Å²) in [4.78, 5) is 7.87. The number of halogens is 2. The van der Waals surface area contributed by atoms with Crippen LogP contribution < -0.4 is 11.1 Å². The zero-order valence-corrected chi connectivity index (χ0v) is 12.0. The molecule has 0 spiro atoms. The van der Waals surface area contributed by atoms with E-state index in [1.54, 1.807) is 0 Å². The van der Waals surface area contributed by atoms with Gasteiger partial charge in [-0.15, -0.1) is 0 Å². The second-order valence-electron chi connectivity index (χ2n) is 3.51. The number of nitrogens with zero attached hydrogens (tertiary/aromatic N) is 2. The Morgan fingerprint density at radius 3 is 2.94 bits per heavy atom. The minimum absolute atomic E-state index is 0.195. The number of anilines is 3. The Morgan fingerprint density at radius 1 is 1.41 bits per heavy atom. The van der Waals surface area contributed by atoms with Crippen molar-refractivity contribution in [2.24, 2.45) is 0 Å². The first kappa shape index (κ1) is 12.4. The molecule has 0 radical (unpaired) electrons. The van der Waals surface area contributed by atoms with Gasteiger partial charge in [-0.2, -0.15) is 4.98 Å². The van der Waals surface area contributed by atoms with Crippen molar-refractivity contribution in [3.8, 4) is 0 Å². The average molecular weight is 361 g/mol. The molecule has 0 aliphatic rings. The molecule has 0 saturated heterocycles. The second-order valence-corrected chi connectivity index (χ2v) is 5.16. The molecule has 1 aromatic heterocycles. The van der Waals surface area contributed by atoms with E-state index in [1.807, 2.05) is 25.1 Å². The third-order valence-electron chi connectivity index (χ3n) is 2.22. The molecule has 88 valence electrons. The van der Waals surface area contributed by atoms with Crippen LogP contribution in [0.15, 0.2) is 24.4 Å². The molecule has 0 aliphatic heterocycles. The highest BCUT2D eigenvalue weighted by atomic mass is 127. The van der Waals surface area contributed by atoms with Gasteiger partial charge < -0.3 is 11.1 Å². The van der Waals surface area contributed by atoms with Gasteiger partial charge in [0.05, 0.1) is 6.20 Å². The van der Waals surface area contributed by atoms with E-state index in [4.69, 9.17) is 17.3 Å². The summed E-state index contributed by atoms with van der Waals surface area (Å²) >= 11 is 8.24. The molecule has 3 N–H and O–H groups in total. The highest BCUT2D eigenvalue weighted by Crippen LogP contribution is 2.26. The predicted molar refractivity (Wildman–Crippen MR) is 78.6 cm³/mol. The maximum Gasteiger partial charge on any atom is 0.222 e. The summed E-state index contributed by atoms with van der Waals surface area (Å²) in [5, 5.41) is 3.60. The quantitative estimate of drug-likeness (QED) is 0.806. The highest BCUT2D eigenvalue weighted by molar-refractivity contribution is 14.1. The maximum absolute atomic E-state index is 5.99. The Labute approximate surface area is 118 Å². The topological polar surface area (TPSA) is 63.8 Å². The molecule has 0 bridgehead atoms. The molecule has 6 heteroatoms. The number of rotatable bonds is 2. The summed E-state index contributed by atoms with van der Waals surface area (Å²) in [6, 6.07) is 6.09. The van der Waals surface area contributed by atoms with Crippen molar-refractivity contribution in [2.45, 2.75) is 6.92 Å². The highest BCUT2D eigenvalue weighted by Gasteiger charge is 2.06. The summed E-state index contributed by atoms with van der Waals surface area (Å²) in [6.45, 7) is 2.01. The van der Waals surface area contributed by atoms with Gasteiger partial charge >= 0.3 is 0 Å². The molecular formula is C11H10ClIN4.